The topological polar surface area (TPSA) is 98.2 Å². The van der Waals surface area contributed by atoms with E-state index in [4.69, 9.17) is 10.8 Å². The second-order valence-electron chi connectivity index (χ2n) is 4.65. The van der Waals surface area contributed by atoms with Crippen LogP contribution in [0.25, 0.3) is 0 Å². The van der Waals surface area contributed by atoms with Crippen molar-refractivity contribution < 1.29 is 9.90 Å². The number of nitrogens with zero attached hydrogens (tertiary/aromatic N) is 2. The van der Waals surface area contributed by atoms with Gasteiger partial charge in [-0.3, -0.25) is 9.36 Å². The number of fused-ring (bicyclic) bond motifs is 1. The van der Waals surface area contributed by atoms with Crippen molar-refractivity contribution in [2.45, 2.75) is 31.7 Å². The monoisotopic (exact) mass is 223 g/mol. The van der Waals surface area contributed by atoms with Gasteiger partial charge in [0, 0.05) is 5.41 Å². The first-order valence-electron chi connectivity index (χ1n) is 4.95. The van der Waals surface area contributed by atoms with E-state index >= 15 is 0 Å². The fourth-order valence-corrected chi connectivity index (χ4v) is 2.14. The molecule has 6 nitrogen and oxygen atoms in total. The number of carboxylic acid groups (broad SMARTS) is 1. The quantitative estimate of drug-likeness (QED) is 0.705. The molecule has 0 bridgehead atoms. The van der Waals surface area contributed by atoms with E-state index < -0.39 is 23.0 Å². The van der Waals surface area contributed by atoms with Crippen LogP contribution in [0.1, 0.15) is 32.1 Å². The Labute approximate surface area is 91.7 Å². The predicted octanol–water partition coefficient (Wildman–Crippen LogP) is 0.133. The summed E-state index contributed by atoms with van der Waals surface area (Å²) in [4.78, 5) is 27.0. The predicted molar refractivity (Wildman–Crippen MR) is 57.2 cm³/mol. The molecule has 0 fully saturated rings. The van der Waals surface area contributed by atoms with Crippen LogP contribution in [0.5, 0.6) is 0 Å². The van der Waals surface area contributed by atoms with Crippen LogP contribution in [0.4, 0.5) is 5.69 Å². The van der Waals surface area contributed by atoms with Crippen LogP contribution in [-0.4, -0.2) is 20.6 Å². The summed E-state index contributed by atoms with van der Waals surface area (Å²) in [7, 11) is 0. The minimum atomic E-state index is -1.03. The van der Waals surface area contributed by atoms with Crippen molar-refractivity contribution in [3.8, 4) is 0 Å². The number of rotatable bonds is 1. The van der Waals surface area contributed by atoms with Gasteiger partial charge in [0.05, 0.1) is 6.20 Å². The standard InChI is InChI=1S/C10H13N3O3/c1-10(2)3-6(8(15)16)13-7(14)5(11)4-12-9(10)13/h4,6H,3,11H2,1-2H3,(H,15,16)/t6-/m0/s1. The van der Waals surface area contributed by atoms with E-state index in [9.17, 15) is 9.59 Å². The molecule has 2 heterocycles. The summed E-state index contributed by atoms with van der Waals surface area (Å²) in [5.74, 6) is -0.541. The molecule has 0 radical (unpaired) electrons. The number of hydrogen-bond acceptors (Lipinski definition) is 4. The van der Waals surface area contributed by atoms with Gasteiger partial charge in [0.1, 0.15) is 17.6 Å². The van der Waals surface area contributed by atoms with Gasteiger partial charge in [-0.05, 0) is 6.42 Å². The van der Waals surface area contributed by atoms with Crippen molar-refractivity contribution in [3.63, 3.8) is 0 Å². The van der Waals surface area contributed by atoms with Crippen LogP contribution in [0.15, 0.2) is 11.0 Å². The van der Waals surface area contributed by atoms with Crippen molar-refractivity contribution >= 4 is 11.7 Å². The highest BCUT2D eigenvalue weighted by atomic mass is 16.4. The number of carbonyl (C=O) groups is 1. The number of hydrogen-bond donors (Lipinski definition) is 2. The third-order valence-corrected chi connectivity index (χ3v) is 2.93. The molecule has 16 heavy (non-hydrogen) atoms. The summed E-state index contributed by atoms with van der Waals surface area (Å²) in [5, 5.41) is 9.08. The highest BCUT2D eigenvalue weighted by Crippen LogP contribution is 2.38. The maximum atomic E-state index is 11.8. The van der Waals surface area contributed by atoms with Gasteiger partial charge in [-0.2, -0.15) is 0 Å². The van der Waals surface area contributed by atoms with E-state index in [1.807, 2.05) is 13.8 Å². The summed E-state index contributed by atoms with van der Waals surface area (Å²) in [5.41, 5.74) is 4.54. The van der Waals surface area contributed by atoms with E-state index in [0.29, 0.717) is 12.2 Å². The minimum absolute atomic E-state index is 0.0206. The molecular weight excluding hydrogens is 210 g/mol. The van der Waals surface area contributed by atoms with Crippen LogP contribution >= 0.6 is 0 Å². The molecule has 0 aliphatic carbocycles. The minimum Gasteiger partial charge on any atom is -0.480 e. The molecule has 86 valence electrons. The molecule has 0 spiro atoms. The Bertz CT molecular complexity index is 519. The maximum absolute atomic E-state index is 11.8. The van der Waals surface area contributed by atoms with Gasteiger partial charge in [-0.25, -0.2) is 9.78 Å². The van der Waals surface area contributed by atoms with E-state index in [1.165, 1.54) is 10.8 Å². The zero-order valence-electron chi connectivity index (χ0n) is 9.10. The van der Waals surface area contributed by atoms with Gasteiger partial charge in [-0.1, -0.05) is 13.8 Å². The number of nitrogens with two attached hydrogens (primary N) is 1. The van der Waals surface area contributed by atoms with Crippen molar-refractivity contribution in [3.05, 3.63) is 22.4 Å². The zero-order chi connectivity index (χ0) is 12.1. The summed E-state index contributed by atoms with van der Waals surface area (Å²) >= 11 is 0. The van der Waals surface area contributed by atoms with Gasteiger partial charge in [0.15, 0.2) is 0 Å². The fourth-order valence-electron chi connectivity index (χ4n) is 2.14. The summed E-state index contributed by atoms with van der Waals surface area (Å²) in [6.07, 6.45) is 1.65. The van der Waals surface area contributed by atoms with Crippen LogP contribution < -0.4 is 11.3 Å². The van der Waals surface area contributed by atoms with Crippen molar-refractivity contribution in [2.24, 2.45) is 0 Å². The summed E-state index contributed by atoms with van der Waals surface area (Å²) in [6.45, 7) is 3.73. The average molecular weight is 223 g/mol. The van der Waals surface area contributed by atoms with Gasteiger partial charge in [0.25, 0.3) is 5.56 Å². The molecule has 0 amide bonds. The SMILES string of the molecule is CC1(C)C[C@@H](C(=O)O)n2c1ncc(N)c2=O. The van der Waals surface area contributed by atoms with Crippen LogP contribution in [0, 0.1) is 0 Å². The lowest BCUT2D eigenvalue weighted by Crippen LogP contribution is -2.30. The maximum Gasteiger partial charge on any atom is 0.326 e. The zero-order valence-corrected chi connectivity index (χ0v) is 9.10. The first kappa shape index (κ1) is 10.7. The van der Waals surface area contributed by atoms with Crippen LogP contribution in [0.2, 0.25) is 0 Å². The van der Waals surface area contributed by atoms with Gasteiger partial charge >= 0.3 is 5.97 Å². The molecule has 0 saturated carbocycles. The highest BCUT2D eigenvalue weighted by Gasteiger charge is 2.42. The van der Waals surface area contributed by atoms with Crippen molar-refractivity contribution in [2.75, 3.05) is 5.73 Å². The Hall–Kier alpha value is -1.85. The third kappa shape index (κ3) is 1.30. The molecule has 1 aliphatic rings. The van der Waals surface area contributed by atoms with Gasteiger partial charge < -0.3 is 10.8 Å². The van der Waals surface area contributed by atoms with Gasteiger partial charge in [0.2, 0.25) is 0 Å². The van der Waals surface area contributed by atoms with Crippen molar-refractivity contribution in [1.29, 1.82) is 0 Å². The van der Waals surface area contributed by atoms with E-state index in [0.717, 1.165) is 0 Å². The first-order chi connectivity index (χ1) is 7.34. The lowest BCUT2D eigenvalue weighted by molar-refractivity contribution is -0.140. The number of aromatic nitrogens is 2. The molecule has 0 aromatic carbocycles. The van der Waals surface area contributed by atoms with E-state index in [1.54, 1.807) is 0 Å². The normalized spacial score (nSPS) is 21.8. The molecule has 1 aromatic rings. The second kappa shape index (κ2) is 3.07. The molecule has 2 rings (SSSR count). The van der Waals surface area contributed by atoms with E-state index in [2.05, 4.69) is 4.98 Å². The lowest BCUT2D eigenvalue weighted by atomic mass is 9.89. The first-order valence-corrected chi connectivity index (χ1v) is 4.95. The Balaban J connectivity index is 2.74. The molecular formula is C10H13N3O3. The van der Waals surface area contributed by atoms with Gasteiger partial charge in [-0.15, -0.1) is 0 Å². The van der Waals surface area contributed by atoms with Crippen LogP contribution in [0.3, 0.4) is 0 Å². The summed E-state index contributed by atoms with van der Waals surface area (Å²) in [6, 6.07) is -0.867. The Morgan fingerprint density at radius 2 is 2.31 bits per heavy atom. The third-order valence-electron chi connectivity index (χ3n) is 2.93. The molecule has 1 aliphatic heterocycles. The number of nitrogen functional groups attached to an aromatic ring is 1. The molecule has 0 saturated heterocycles. The lowest BCUT2D eigenvalue weighted by Gasteiger charge is -2.15. The molecule has 1 atom stereocenters. The Morgan fingerprint density at radius 3 is 2.88 bits per heavy atom. The number of carboxylic acids is 1. The molecule has 1 aromatic heterocycles. The molecule has 3 N–H and O–H groups in total. The molecule has 0 unspecified atom stereocenters. The number of anilines is 1. The highest BCUT2D eigenvalue weighted by molar-refractivity contribution is 5.73. The second-order valence-corrected chi connectivity index (χ2v) is 4.65. The average Bonchev–Trinajstić information content (AvgIpc) is 2.45. The van der Waals surface area contributed by atoms with Crippen molar-refractivity contribution in [1.82, 2.24) is 9.55 Å². The van der Waals surface area contributed by atoms with Crippen LogP contribution in [-0.2, 0) is 10.2 Å². The molecule has 6 heteroatoms. The largest absolute Gasteiger partial charge is 0.480 e. The number of aliphatic carboxylic acids is 1. The Morgan fingerprint density at radius 1 is 1.69 bits per heavy atom. The Kier molecular flexibility index (Phi) is 2.04. The summed E-state index contributed by atoms with van der Waals surface area (Å²) < 4.78 is 1.19. The smallest absolute Gasteiger partial charge is 0.326 e. The fraction of sp³-hybridized carbons (Fsp3) is 0.500. The van der Waals surface area contributed by atoms with E-state index in [-0.39, 0.29) is 5.69 Å².